The van der Waals surface area contributed by atoms with Crippen LogP contribution in [0.5, 0.6) is 0 Å². The molecule has 0 unspecified atom stereocenters. The zero-order chi connectivity index (χ0) is 7.97. The molecular formula is C10H8N2. The number of H-pyrrole nitrogens is 1. The maximum absolute atomic E-state index is 3.32. The van der Waals surface area contributed by atoms with Crippen molar-refractivity contribution in [1.82, 2.24) is 9.38 Å². The number of aromatic nitrogens is 2. The molecule has 0 aliphatic carbocycles. The zero-order valence-electron chi connectivity index (χ0n) is 6.49. The molecular weight excluding hydrogens is 148 g/mol. The third-order valence-electron chi connectivity index (χ3n) is 2.18. The summed E-state index contributed by atoms with van der Waals surface area (Å²) < 4.78 is 2.15. The standard InChI is InChI=1S/C10H8N2/c1-2-5-9-8(4-1)11-10-6-3-7-12(9)10/h1-7,11H. The van der Waals surface area contributed by atoms with Crippen molar-refractivity contribution in [1.29, 1.82) is 0 Å². The fraction of sp³-hybridized carbons (Fsp3) is 0. The minimum absolute atomic E-state index is 1.15. The quantitative estimate of drug-likeness (QED) is 0.516. The number of hydrogen-bond donors (Lipinski definition) is 1. The van der Waals surface area contributed by atoms with Gasteiger partial charge in [-0.3, -0.25) is 0 Å². The van der Waals surface area contributed by atoms with Crippen molar-refractivity contribution in [3.63, 3.8) is 0 Å². The van der Waals surface area contributed by atoms with Gasteiger partial charge in [0, 0.05) is 6.20 Å². The molecule has 0 saturated heterocycles. The van der Waals surface area contributed by atoms with E-state index in [-0.39, 0.29) is 0 Å². The van der Waals surface area contributed by atoms with Gasteiger partial charge in [0.2, 0.25) is 0 Å². The van der Waals surface area contributed by atoms with Gasteiger partial charge in [-0.15, -0.1) is 0 Å². The van der Waals surface area contributed by atoms with Crippen LogP contribution in [0, 0.1) is 0 Å². The van der Waals surface area contributed by atoms with Crippen molar-refractivity contribution in [2.45, 2.75) is 0 Å². The van der Waals surface area contributed by atoms with E-state index in [1.54, 1.807) is 0 Å². The second kappa shape index (κ2) is 1.91. The highest BCUT2D eigenvalue weighted by Gasteiger charge is 1.99. The van der Waals surface area contributed by atoms with Gasteiger partial charge in [0.1, 0.15) is 5.65 Å². The van der Waals surface area contributed by atoms with Gasteiger partial charge in [0.05, 0.1) is 11.0 Å². The third kappa shape index (κ3) is 0.593. The Kier molecular flexibility index (Phi) is 0.939. The van der Waals surface area contributed by atoms with E-state index in [4.69, 9.17) is 0 Å². The summed E-state index contributed by atoms with van der Waals surface area (Å²) >= 11 is 0. The van der Waals surface area contributed by atoms with E-state index in [1.165, 1.54) is 11.0 Å². The number of imidazole rings is 1. The van der Waals surface area contributed by atoms with Crippen molar-refractivity contribution < 1.29 is 0 Å². The van der Waals surface area contributed by atoms with Gasteiger partial charge >= 0.3 is 0 Å². The summed E-state index contributed by atoms with van der Waals surface area (Å²) in [5.74, 6) is 0. The van der Waals surface area contributed by atoms with E-state index in [0.29, 0.717) is 0 Å². The topological polar surface area (TPSA) is 20.2 Å². The summed E-state index contributed by atoms with van der Waals surface area (Å²) in [6.45, 7) is 0. The van der Waals surface area contributed by atoms with Gasteiger partial charge in [-0.2, -0.15) is 0 Å². The van der Waals surface area contributed by atoms with Crippen LogP contribution in [0.2, 0.25) is 0 Å². The lowest BCUT2D eigenvalue weighted by atomic mass is 10.3. The van der Waals surface area contributed by atoms with E-state index < -0.39 is 0 Å². The van der Waals surface area contributed by atoms with Gasteiger partial charge in [0.15, 0.2) is 0 Å². The minimum Gasteiger partial charge on any atom is -0.340 e. The molecule has 2 heterocycles. The highest BCUT2D eigenvalue weighted by Crippen LogP contribution is 2.15. The summed E-state index contributed by atoms with van der Waals surface area (Å²) in [6, 6.07) is 12.4. The second-order valence-electron chi connectivity index (χ2n) is 2.91. The smallest absolute Gasteiger partial charge is 0.115 e. The van der Waals surface area contributed by atoms with Crippen molar-refractivity contribution in [2.24, 2.45) is 0 Å². The molecule has 0 fully saturated rings. The Labute approximate surface area is 69.4 Å². The molecule has 0 bridgehead atoms. The van der Waals surface area contributed by atoms with Crippen LogP contribution < -0.4 is 0 Å². The van der Waals surface area contributed by atoms with Gasteiger partial charge in [0.25, 0.3) is 0 Å². The lowest BCUT2D eigenvalue weighted by Gasteiger charge is -1.87. The van der Waals surface area contributed by atoms with Gasteiger partial charge < -0.3 is 9.38 Å². The summed E-state index contributed by atoms with van der Waals surface area (Å²) in [4.78, 5) is 3.32. The number of hydrogen-bond acceptors (Lipinski definition) is 0. The average Bonchev–Trinajstić information content (AvgIpc) is 2.62. The first-order valence-corrected chi connectivity index (χ1v) is 3.99. The van der Waals surface area contributed by atoms with Crippen LogP contribution in [0.25, 0.3) is 16.7 Å². The van der Waals surface area contributed by atoms with Crippen molar-refractivity contribution >= 4 is 16.7 Å². The maximum Gasteiger partial charge on any atom is 0.115 e. The molecule has 12 heavy (non-hydrogen) atoms. The maximum atomic E-state index is 3.32. The van der Waals surface area contributed by atoms with Crippen molar-refractivity contribution in [3.05, 3.63) is 42.6 Å². The van der Waals surface area contributed by atoms with Crippen LogP contribution in [0.3, 0.4) is 0 Å². The van der Waals surface area contributed by atoms with Crippen LogP contribution in [0.1, 0.15) is 0 Å². The fourth-order valence-electron chi connectivity index (χ4n) is 1.62. The van der Waals surface area contributed by atoms with Crippen molar-refractivity contribution in [3.8, 4) is 0 Å². The number of rotatable bonds is 0. The Balaban J connectivity index is 2.68. The predicted octanol–water partition coefficient (Wildman–Crippen LogP) is 2.42. The highest BCUT2D eigenvalue weighted by atomic mass is 15.0. The van der Waals surface area contributed by atoms with E-state index in [9.17, 15) is 0 Å². The highest BCUT2D eigenvalue weighted by molar-refractivity contribution is 5.80. The van der Waals surface area contributed by atoms with Crippen LogP contribution in [-0.2, 0) is 0 Å². The normalized spacial score (nSPS) is 11.3. The molecule has 0 radical (unpaired) electrons. The second-order valence-corrected chi connectivity index (χ2v) is 2.91. The molecule has 0 aliphatic heterocycles. The number of nitrogens with zero attached hydrogens (tertiary/aromatic N) is 1. The summed E-state index contributed by atoms with van der Waals surface area (Å²) in [7, 11) is 0. The molecule has 0 amide bonds. The van der Waals surface area contributed by atoms with Crippen LogP contribution in [0.15, 0.2) is 42.6 Å². The van der Waals surface area contributed by atoms with E-state index >= 15 is 0 Å². The molecule has 2 nitrogen and oxygen atoms in total. The molecule has 1 aromatic carbocycles. The van der Waals surface area contributed by atoms with E-state index in [2.05, 4.69) is 39.8 Å². The largest absolute Gasteiger partial charge is 0.340 e. The first-order valence-electron chi connectivity index (χ1n) is 3.99. The summed E-state index contributed by atoms with van der Waals surface area (Å²) in [5, 5.41) is 0. The monoisotopic (exact) mass is 156 g/mol. The van der Waals surface area contributed by atoms with Gasteiger partial charge in [-0.1, -0.05) is 12.1 Å². The Morgan fingerprint density at radius 1 is 1.00 bits per heavy atom. The van der Waals surface area contributed by atoms with E-state index in [0.717, 1.165) is 5.65 Å². The van der Waals surface area contributed by atoms with Gasteiger partial charge in [-0.05, 0) is 24.3 Å². The molecule has 3 rings (SSSR count). The number of nitrogens with one attached hydrogen (secondary N) is 1. The Morgan fingerprint density at radius 2 is 1.92 bits per heavy atom. The Hall–Kier alpha value is -1.70. The lowest BCUT2D eigenvalue weighted by Crippen LogP contribution is -1.73. The summed E-state index contributed by atoms with van der Waals surface area (Å²) in [6.07, 6.45) is 2.06. The molecule has 58 valence electrons. The zero-order valence-corrected chi connectivity index (χ0v) is 6.49. The fourth-order valence-corrected chi connectivity index (χ4v) is 1.62. The number of fused-ring (bicyclic) bond motifs is 3. The van der Waals surface area contributed by atoms with Crippen LogP contribution in [0.4, 0.5) is 0 Å². The molecule has 0 aliphatic rings. The van der Waals surface area contributed by atoms with Crippen LogP contribution >= 0.6 is 0 Å². The van der Waals surface area contributed by atoms with Crippen molar-refractivity contribution in [2.75, 3.05) is 0 Å². The number of benzene rings is 1. The average molecular weight is 156 g/mol. The molecule has 3 aromatic rings. The van der Waals surface area contributed by atoms with Gasteiger partial charge in [-0.25, -0.2) is 0 Å². The molecule has 0 saturated carbocycles. The molecule has 0 atom stereocenters. The first kappa shape index (κ1) is 5.89. The Morgan fingerprint density at radius 3 is 2.92 bits per heavy atom. The molecule has 0 spiro atoms. The lowest BCUT2D eigenvalue weighted by molar-refractivity contribution is 1.28. The number of aromatic amines is 1. The van der Waals surface area contributed by atoms with Crippen LogP contribution in [-0.4, -0.2) is 9.38 Å². The SMILES string of the molecule is c1ccc2c(c1)[nH]c1cccn12. The number of para-hydroxylation sites is 2. The Bertz CT molecular complexity index is 530. The van der Waals surface area contributed by atoms with E-state index in [1.807, 2.05) is 12.1 Å². The molecule has 2 aromatic heterocycles. The minimum atomic E-state index is 1.15. The molecule has 1 N–H and O–H groups in total. The predicted molar refractivity (Wildman–Crippen MR) is 49.3 cm³/mol. The summed E-state index contributed by atoms with van der Waals surface area (Å²) in [5.41, 5.74) is 3.57. The third-order valence-corrected chi connectivity index (χ3v) is 2.18. The molecule has 2 heteroatoms. The first-order chi connectivity index (χ1) is 5.95.